The van der Waals surface area contributed by atoms with Gasteiger partial charge < -0.3 is 20.1 Å². The molecule has 2 N–H and O–H groups in total. The largest absolute Gasteiger partial charge is 0.497 e. The van der Waals surface area contributed by atoms with E-state index in [1.54, 1.807) is 50.2 Å². The van der Waals surface area contributed by atoms with Gasteiger partial charge in [-0.25, -0.2) is 0 Å². The zero-order valence-electron chi connectivity index (χ0n) is 12.7. The molecule has 1 unspecified atom stereocenters. The Kier molecular flexibility index (Phi) is 5.68. The SMILES string of the molecule is COc1ccc(NC(=O)C(=O)NCC2(OC)CCSC2)cc1. The van der Waals surface area contributed by atoms with Crippen molar-refractivity contribution >= 4 is 29.3 Å². The first-order valence-corrected chi connectivity index (χ1v) is 8.10. The Morgan fingerprint density at radius 1 is 1.23 bits per heavy atom. The second-order valence-corrected chi connectivity index (χ2v) is 6.16. The second-order valence-electron chi connectivity index (χ2n) is 5.06. The van der Waals surface area contributed by atoms with Crippen molar-refractivity contribution in [3.05, 3.63) is 24.3 Å². The van der Waals surface area contributed by atoms with Gasteiger partial charge in [0.05, 0.1) is 12.7 Å². The van der Waals surface area contributed by atoms with Crippen molar-refractivity contribution in [2.45, 2.75) is 12.0 Å². The van der Waals surface area contributed by atoms with E-state index in [0.29, 0.717) is 18.0 Å². The van der Waals surface area contributed by atoms with E-state index < -0.39 is 11.8 Å². The van der Waals surface area contributed by atoms with E-state index in [1.807, 2.05) is 0 Å². The first-order valence-electron chi connectivity index (χ1n) is 6.95. The van der Waals surface area contributed by atoms with Crippen LogP contribution in [0.25, 0.3) is 0 Å². The highest BCUT2D eigenvalue weighted by Crippen LogP contribution is 2.30. The van der Waals surface area contributed by atoms with Crippen LogP contribution in [0, 0.1) is 0 Å². The molecule has 1 aromatic rings. The molecule has 1 aromatic carbocycles. The summed E-state index contributed by atoms with van der Waals surface area (Å²) in [5, 5.41) is 5.19. The molecule has 2 rings (SSSR count). The molecular weight excluding hydrogens is 304 g/mol. The molecule has 1 saturated heterocycles. The Bertz CT molecular complexity index is 527. The number of hydrogen-bond donors (Lipinski definition) is 2. The molecule has 0 aromatic heterocycles. The van der Waals surface area contributed by atoms with Crippen molar-refractivity contribution in [2.24, 2.45) is 0 Å². The van der Waals surface area contributed by atoms with Gasteiger partial charge >= 0.3 is 11.8 Å². The fourth-order valence-corrected chi connectivity index (χ4v) is 3.54. The number of hydrogen-bond acceptors (Lipinski definition) is 5. The minimum absolute atomic E-state index is 0.339. The third-order valence-electron chi connectivity index (χ3n) is 3.63. The van der Waals surface area contributed by atoms with Crippen molar-refractivity contribution in [1.82, 2.24) is 5.32 Å². The van der Waals surface area contributed by atoms with Crippen LogP contribution in [0.5, 0.6) is 5.75 Å². The molecule has 0 spiro atoms. The highest BCUT2D eigenvalue weighted by atomic mass is 32.2. The van der Waals surface area contributed by atoms with Gasteiger partial charge in [0.1, 0.15) is 5.75 Å². The highest BCUT2D eigenvalue weighted by Gasteiger charge is 2.35. The molecule has 1 aliphatic heterocycles. The molecule has 1 fully saturated rings. The minimum Gasteiger partial charge on any atom is -0.497 e. The molecule has 7 heteroatoms. The summed E-state index contributed by atoms with van der Waals surface area (Å²) < 4.78 is 10.5. The van der Waals surface area contributed by atoms with Crippen molar-refractivity contribution in [3.8, 4) is 5.75 Å². The van der Waals surface area contributed by atoms with Crippen molar-refractivity contribution < 1.29 is 19.1 Å². The number of ether oxygens (including phenoxy) is 2. The number of carbonyl (C=O) groups excluding carboxylic acids is 2. The van der Waals surface area contributed by atoms with Gasteiger partial charge in [-0.15, -0.1) is 0 Å². The lowest BCUT2D eigenvalue weighted by Gasteiger charge is -2.26. The zero-order chi connectivity index (χ0) is 16.0. The molecule has 0 saturated carbocycles. The summed E-state index contributed by atoms with van der Waals surface area (Å²) in [7, 11) is 3.20. The van der Waals surface area contributed by atoms with Crippen molar-refractivity contribution in [1.29, 1.82) is 0 Å². The van der Waals surface area contributed by atoms with Gasteiger partial charge in [0.15, 0.2) is 0 Å². The molecule has 1 aliphatic rings. The number of rotatable bonds is 5. The van der Waals surface area contributed by atoms with E-state index in [4.69, 9.17) is 9.47 Å². The molecule has 22 heavy (non-hydrogen) atoms. The minimum atomic E-state index is -0.693. The van der Waals surface area contributed by atoms with E-state index >= 15 is 0 Å². The van der Waals surface area contributed by atoms with Crippen molar-refractivity contribution in [3.63, 3.8) is 0 Å². The molecule has 1 heterocycles. The van der Waals surface area contributed by atoms with Crippen LogP contribution in [0.15, 0.2) is 24.3 Å². The van der Waals surface area contributed by atoms with Crippen LogP contribution < -0.4 is 15.4 Å². The Morgan fingerprint density at radius 3 is 2.50 bits per heavy atom. The first-order chi connectivity index (χ1) is 10.6. The summed E-state index contributed by atoms with van der Waals surface area (Å²) in [5.41, 5.74) is 0.180. The molecule has 120 valence electrons. The molecule has 1 atom stereocenters. The fraction of sp³-hybridized carbons (Fsp3) is 0.467. The lowest BCUT2D eigenvalue weighted by atomic mass is 10.0. The standard InChI is InChI=1S/C15H20N2O4S/c1-20-12-5-3-11(4-6-12)17-14(19)13(18)16-9-15(21-2)7-8-22-10-15/h3-6H,7-10H2,1-2H3,(H,16,18)(H,17,19). The molecule has 0 aliphatic carbocycles. The average Bonchev–Trinajstić information content (AvgIpc) is 3.02. The Hall–Kier alpha value is -1.73. The molecule has 2 amide bonds. The van der Waals surface area contributed by atoms with Crippen LogP contribution in [0.3, 0.4) is 0 Å². The van der Waals surface area contributed by atoms with Gasteiger partial charge in [0.25, 0.3) is 0 Å². The third kappa shape index (κ3) is 4.14. The van der Waals surface area contributed by atoms with Crippen LogP contribution in [0.1, 0.15) is 6.42 Å². The van der Waals surface area contributed by atoms with E-state index in [2.05, 4.69) is 10.6 Å². The number of nitrogens with one attached hydrogen (secondary N) is 2. The lowest BCUT2D eigenvalue weighted by molar-refractivity contribution is -0.136. The maximum Gasteiger partial charge on any atom is 0.313 e. The Labute approximate surface area is 133 Å². The molecular formula is C15H20N2O4S. The van der Waals surface area contributed by atoms with Crippen LogP contribution in [-0.4, -0.2) is 49.7 Å². The summed E-state index contributed by atoms with van der Waals surface area (Å²) in [6.45, 7) is 0.339. The number of carbonyl (C=O) groups is 2. The summed E-state index contributed by atoms with van der Waals surface area (Å²) >= 11 is 1.78. The number of thioether (sulfide) groups is 1. The van der Waals surface area contributed by atoms with Gasteiger partial charge in [-0.3, -0.25) is 9.59 Å². The number of benzene rings is 1. The molecule has 0 bridgehead atoms. The van der Waals surface area contributed by atoms with Gasteiger partial charge in [-0.2, -0.15) is 11.8 Å². The molecule has 0 radical (unpaired) electrons. The summed E-state index contributed by atoms with van der Waals surface area (Å²) in [4.78, 5) is 23.7. The monoisotopic (exact) mass is 324 g/mol. The fourth-order valence-electron chi connectivity index (χ4n) is 2.14. The third-order valence-corrected chi connectivity index (χ3v) is 4.85. The maximum absolute atomic E-state index is 11.9. The quantitative estimate of drug-likeness (QED) is 0.798. The normalized spacial score (nSPS) is 20.5. The Morgan fingerprint density at radius 2 is 1.95 bits per heavy atom. The predicted octanol–water partition coefficient (Wildman–Crippen LogP) is 1.27. The van der Waals surface area contributed by atoms with Gasteiger partial charge in [0.2, 0.25) is 0 Å². The highest BCUT2D eigenvalue weighted by molar-refractivity contribution is 7.99. The second kappa shape index (κ2) is 7.51. The first kappa shape index (κ1) is 16.6. The number of anilines is 1. The van der Waals surface area contributed by atoms with Gasteiger partial charge in [-0.05, 0) is 36.4 Å². The summed E-state index contributed by atoms with van der Waals surface area (Å²) in [6.07, 6.45) is 0.870. The average molecular weight is 324 g/mol. The Balaban J connectivity index is 1.85. The summed E-state index contributed by atoms with van der Waals surface area (Å²) in [5.74, 6) is 1.15. The predicted molar refractivity (Wildman–Crippen MR) is 86.3 cm³/mol. The van der Waals surface area contributed by atoms with E-state index in [9.17, 15) is 9.59 Å². The van der Waals surface area contributed by atoms with E-state index in [0.717, 1.165) is 17.9 Å². The van der Waals surface area contributed by atoms with E-state index in [1.165, 1.54) is 0 Å². The van der Waals surface area contributed by atoms with E-state index in [-0.39, 0.29) is 5.60 Å². The summed E-state index contributed by atoms with van der Waals surface area (Å²) in [6, 6.07) is 6.77. The van der Waals surface area contributed by atoms with Crippen LogP contribution in [0.4, 0.5) is 5.69 Å². The topological polar surface area (TPSA) is 76.7 Å². The van der Waals surface area contributed by atoms with Crippen LogP contribution in [0.2, 0.25) is 0 Å². The number of methoxy groups -OCH3 is 2. The maximum atomic E-state index is 11.9. The van der Waals surface area contributed by atoms with Crippen molar-refractivity contribution in [2.75, 3.05) is 37.6 Å². The van der Waals surface area contributed by atoms with Crippen LogP contribution in [-0.2, 0) is 14.3 Å². The van der Waals surface area contributed by atoms with Crippen LogP contribution >= 0.6 is 11.8 Å². The zero-order valence-corrected chi connectivity index (χ0v) is 13.5. The lowest BCUT2D eigenvalue weighted by Crippen LogP contribution is -2.47. The number of amides is 2. The molecule has 6 nitrogen and oxygen atoms in total. The van der Waals surface area contributed by atoms with Gasteiger partial charge in [0, 0.05) is 25.1 Å². The van der Waals surface area contributed by atoms with Gasteiger partial charge in [-0.1, -0.05) is 0 Å². The smallest absolute Gasteiger partial charge is 0.313 e.